The SMILES string of the molecule is C1COCCN1.C=C/C=C/c1ccccc1.CC(/C=C/c1ccccc1)N1CCOCC1.[CH2-]N1CCN2CCN3CCN([PH+](C(C)C)C(C)C)C3[CH-]C12.[Cl][Rh+2]. The van der Waals surface area contributed by atoms with Gasteiger partial charge in [-0.05, 0) is 58.5 Å². The van der Waals surface area contributed by atoms with Crippen LogP contribution in [-0.4, -0.2) is 146 Å². The monoisotopic (exact) mass is 883 g/mol. The van der Waals surface area contributed by atoms with Crippen LogP contribution in [0.25, 0.3) is 12.2 Å². The van der Waals surface area contributed by atoms with E-state index in [9.17, 15) is 0 Å². The average molecular weight is 884 g/mol. The summed E-state index contributed by atoms with van der Waals surface area (Å²) in [4.78, 5) is 10.0. The molecule has 8 nitrogen and oxygen atoms in total. The molecule has 3 atom stereocenters. The molecule has 5 aliphatic rings. The number of morpholine rings is 2. The molecule has 308 valence electrons. The van der Waals surface area contributed by atoms with Crippen molar-refractivity contribution in [3.8, 4) is 0 Å². The van der Waals surface area contributed by atoms with Gasteiger partial charge >= 0.3 is 27.0 Å². The Hall–Kier alpha value is -1.32. The third-order valence-corrected chi connectivity index (χ3v) is 13.9. The molecule has 2 aromatic rings. The molecule has 5 saturated heterocycles. The first-order chi connectivity index (χ1) is 26.8. The van der Waals surface area contributed by atoms with Crippen molar-refractivity contribution in [2.75, 3.05) is 91.9 Å². The summed E-state index contributed by atoms with van der Waals surface area (Å²) in [5.41, 5.74) is 4.09. The third kappa shape index (κ3) is 17.2. The van der Waals surface area contributed by atoms with E-state index in [0.29, 0.717) is 18.4 Å². The van der Waals surface area contributed by atoms with E-state index in [2.05, 4.69) is 142 Å². The first kappa shape index (κ1) is 48.1. The molecule has 5 heterocycles. The Morgan fingerprint density at radius 2 is 1.25 bits per heavy atom. The topological polar surface area (TPSA) is 46.7 Å². The quantitative estimate of drug-likeness (QED) is 0.127. The molecule has 2 aromatic carbocycles. The standard InChI is InChI=1S/C16H31N4P.C14H19NO.C10H10.C4H9NO.ClH.Rh/c1-13(2)21(14(3)4)20-11-10-19-9-8-18-7-6-17(5)15(18)12-16(19)20;1-13(15-9-11-16-12-10-15)7-8-14-5-3-2-4-6-14;1-2-3-7-10-8-5-4-6-9-10;1-3-6-4-2-5-1;;/h12-16H,5-11H2,1-4H3;2-8,13H,9-12H2,1H3;2-9H,1H2;5H,1-4H2;1H;/q-2;;;;;+3/b;8-7+;7-3+;;;. The number of fused-ring (bicyclic) bond motifs is 2. The molecule has 0 aromatic heterocycles. The van der Waals surface area contributed by atoms with Gasteiger partial charge in [0.15, 0.2) is 0 Å². The number of nitrogens with one attached hydrogen (secondary N) is 1. The fourth-order valence-electron chi connectivity index (χ4n) is 7.61. The molecule has 7 rings (SSSR count). The number of ether oxygens (including phenoxy) is 2. The molecule has 0 saturated carbocycles. The minimum atomic E-state index is -0.483. The van der Waals surface area contributed by atoms with E-state index in [4.69, 9.17) is 9.47 Å². The van der Waals surface area contributed by atoms with Gasteiger partial charge in [0.1, 0.15) is 0 Å². The molecule has 0 aliphatic carbocycles. The van der Waals surface area contributed by atoms with Gasteiger partial charge in [-0.25, -0.2) is 0 Å². The van der Waals surface area contributed by atoms with E-state index in [0.717, 1.165) is 70.5 Å². The Labute approximate surface area is 350 Å². The van der Waals surface area contributed by atoms with E-state index in [1.165, 1.54) is 43.9 Å². The summed E-state index contributed by atoms with van der Waals surface area (Å²) in [5.74, 6) is 0. The molecule has 0 spiro atoms. The Kier molecular flexibility index (Phi) is 24.6. The number of benzene rings is 2. The zero-order valence-electron chi connectivity index (χ0n) is 34.2. The van der Waals surface area contributed by atoms with Crippen molar-refractivity contribution >= 4 is 29.9 Å². The first-order valence-corrected chi connectivity index (χ1v) is 23.8. The van der Waals surface area contributed by atoms with Crippen molar-refractivity contribution in [2.45, 2.75) is 64.3 Å². The van der Waals surface area contributed by atoms with Crippen LogP contribution in [0.5, 0.6) is 0 Å². The summed E-state index contributed by atoms with van der Waals surface area (Å²) in [7, 11) is 8.29. The molecule has 11 heteroatoms. The van der Waals surface area contributed by atoms with Crippen LogP contribution < -0.4 is 5.32 Å². The number of rotatable bonds is 8. The van der Waals surface area contributed by atoms with Gasteiger partial charge in [-0.15, -0.1) is 0 Å². The molecule has 0 amide bonds. The Bertz CT molecular complexity index is 1310. The molecular weight excluding hydrogens is 814 g/mol. The second kappa shape index (κ2) is 28.2. The van der Waals surface area contributed by atoms with E-state index in [1.807, 2.05) is 53.7 Å². The number of hydrogen-bond acceptors (Lipinski definition) is 8. The Morgan fingerprint density at radius 1 is 0.745 bits per heavy atom. The van der Waals surface area contributed by atoms with Crippen LogP contribution in [0.15, 0.2) is 85.5 Å². The van der Waals surface area contributed by atoms with Crippen LogP contribution in [0.2, 0.25) is 0 Å². The predicted octanol–water partition coefficient (Wildman–Crippen LogP) is 7.43. The first-order valence-electron chi connectivity index (χ1n) is 20.1. The second-order valence-corrected chi connectivity index (χ2v) is 18.6. The molecule has 5 fully saturated rings. The van der Waals surface area contributed by atoms with Crippen LogP contribution in [0.1, 0.15) is 45.7 Å². The van der Waals surface area contributed by atoms with E-state index < -0.39 is 8.07 Å². The van der Waals surface area contributed by atoms with E-state index >= 15 is 0 Å². The fraction of sp³-hybridized carbons (Fsp3) is 0.545. The molecule has 55 heavy (non-hydrogen) atoms. The van der Waals surface area contributed by atoms with Crippen molar-refractivity contribution in [3.63, 3.8) is 0 Å². The fourth-order valence-corrected chi connectivity index (χ4v) is 11.2. The van der Waals surface area contributed by atoms with Crippen molar-refractivity contribution in [3.05, 3.63) is 110 Å². The van der Waals surface area contributed by atoms with Crippen molar-refractivity contribution in [1.82, 2.24) is 29.6 Å². The van der Waals surface area contributed by atoms with Gasteiger partial charge in [-0.3, -0.25) is 18.4 Å². The molecule has 0 radical (unpaired) electrons. The van der Waals surface area contributed by atoms with Crippen LogP contribution in [0, 0.1) is 13.5 Å². The summed E-state index contributed by atoms with van der Waals surface area (Å²) in [6.45, 7) is 30.4. The summed E-state index contributed by atoms with van der Waals surface area (Å²) >= 11 is 2.02. The normalized spacial score (nSPS) is 23.0. The summed E-state index contributed by atoms with van der Waals surface area (Å²) in [5, 5.41) is 3.16. The molecule has 5 aliphatic heterocycles. The summed E-state index contributed by atoms with van der Waals surface area (Å²) in [6.07, 6.45) is 13.7. The number of hydrogen-bond donors (Lipinski definition) is 1. The van der Waals surface area contributed by atoms with Gasteiger partial charge in [-0.2, -0.15) is 4.67 Å². The molecular formula is C44H70ClN6O2PRh+. The van der Waals surface area contributed by atoms with E-state index in [1.54, 1.807) is 6.08 Å². The van der Waals surface area contributed by atoms with Gasteiger partial charge < -0.3 is 29.5 Å². The zero-order valence-corrected chi connectivity index (χ0v) is 37.6. The number of allylic oxidation sites excluding steroid dienone is 2. The maximum absolute atomic E-state index is 5.35. The average Bonchev–Trinajstić information content (AvgIpc) is 3.73. The van der Waals surface area contributed by atoms with E-state index in [-0.39, 0.29) is 0 Å². The Morgan fingerprint density at radius 3 is 1.76 bits per heavy atom. The van der Waals surface area contributed by atoms with Crippen LogP contribution in [0.4, 0.5) is 0 Å². The zero-order chi connectivity index (χ0) is 39.8. The summed E-state index contributed by atoms with van der Waals surface area (Å²) in [6, 6.07) is 21.1. The maximum atomic E-state index is 5.35. The minimum absolute atomic E-state index is 0.447. The number of nitrogens with zero attached hydrogens (tertiary/aromatic N) is 5. The Balaban J connectivity index is 0.000000210. The van der Waals surface area contributed by atoms with Crippen molar-refractivity contribution in [1.29, 1.82) is 0 Å². The molecule has 1 N–H and O–H groups in total. The van der Waals surface area contributed by atoms with Gasteiger partial charge in [-0.1, -0.05) is 104 Å². The van der Waals surface area contributed by atoms with Gasteiger partial charge in [0.05, 0.1) is 45.8 Å². The second-order valence-electron chi connectivity index (χ2n) is 14.9. The van der Waals surface area contributed by atoms with Crippen molar-refractivity contribution in [2.24, 2.45) is 0 Å². The third-order valence-electron chi connectivity index (χ3n) is 10.3. The van der Waals surface area contributed by atoms with Gasteiger partial charge in [0.25, 0.3) is 0 Å². The summed E-state index contributed by atoms with van der Waals surface area (Å²) < 4.78 is 13.2. The predicted molar refractivity (Wildman–Crippen MR) is 235 cm³/mol. The van der Waals surface area contributed by atoms with Crippen LogP contribution >= 0.6 is 17.8 Å². The van der Waals surface area contributed by atoms with Gasteiger partial charge in [0.2, 0.25) is 0 Å². The van der Waals surface area contributed by atoms with Crippen LogP contribution in [-0.2, 0) is 26.8 Å². The molecule has 0 bridgehead atoms. The van der Waals surface area contributed by atoms with Gasteiger partial charge in [0, 0.05) is 64.9 Å². The molecule has 3 unspecified atom stereocenters. The van der Waals surface area contributed by atoms with Crippen molar-refractivity contribution < 1.29 is 26.8 Å². The number of halogens is 1. The van der Waals surface area contributed by atoms with Crippen LogP contribution in [0.3, 0.4) is 0 Å².